The van der Waals surface area contributed by atoms with Crippen molar-refractivity contribution in [3.05, 3.63) is 34.9 Å². The van der Waals surface area contributed by atoms with Gasteiger partial charge in [-0.3, -0.25) is 10.4 Å². The molecule has 108 valence electrons. The highest BCUT2D eigenvalue weighted by Gasteiger charge is 2.14. The van der Waals surface area contributed by atoms with E-state index in [1.165, 1.54) is 16.7 Å². The summed E-state index contributed by atoms with van der Waals surface area (Å²) in [5.41, 5.74) is 7.88. The fourth-order valence-electron chi connectivity index (χ4n) is 1.93. The number of amidine groups is 1. The van der Waals surface area contributed by atoms with Crippen LogP contribution < -0.4 is 5.43 Å². The van der Waals surface area contributed by atoms with Crippen LogP contribution in [-0.4, -0.2) is 36.4 Å². The lowest BCUT2D eigenvalue weighted by molar-refractivity contribution is 0.186. The van der Waals surface area contributed by atoms with Crippen LogP contribution in [0.2, 0.25) is 0 Å². The molecule has 0 aliphatic carbocycles. The molecular formula is C15H21N3OS. The number of nitrogens with zero attached hydrogens (tertiary/aromatic N) is 2. The first kappa shape index (κ1) is 15.1. The number of benzene rings is 1. The van der Waals surface area contributed by atoms with Gasteiger partial charge in [0.1, 0.15) is 0 Å². The average Bonchev–Trinajstić information content (AvgIpc) is 2.43. The minimum atomic E-state index is 0.147. The zero-order chi connectivity index (χ0) is 14.5. The van der Waals surface area contributed by atoms with Crippen LogP contribution in [0.25, 0.3) is 0 Å². The lowest BCUT2D eigenvalue weighted by Gasteiger charge is -2.17. The summed E-state index contributed by atoms with van der Waals surface area (Å²) >= 11 is 1.68. The van der Waals surface area contributed by atoms with Gasteiger partial charge in [0.25, 0.3) is 0 Å². The van der Waals surface area contributed by atoms with Crippen LogP contribution in [0.3, 0.4) is 0 Å². The number of aliphatic imine (C=N–C) groups is 1. The van der Waals surface area contributed by atoms with Crippen molar-refractivity contribution < 1.29 is 4.74 Å². The lowest BCUT2D eigenvalue weighted by Crippen LogP contribution is -2.27. The standard InChI is InChI=1S/C15H21N3OS/c1-10-5-6-13(7-11(10)2)14-9-20-15(18-17-14)16-12(3)8-19-4/h5-7,12H,8-9H2,1-4H3,(H,16,18)/t12-/m1/s1. The second-order valence-corrected chi connectivity index (χ2v) is 5.96. The van der Waals surface area contributed by atoms with E-state index in [0.717, 1.165) is 16.6 Å². The van der Waals surface area contributed by atoms with Crippen molar-refractivity contribution in [2.45, 2.75) is 26.8 Å². The number of hydrogen-bond acceptors (Lipinski definition) is 4. The molecule has 1 aliphatic rings. The Labute approximate surface area is 124 Å². The Hall–Kier alpha value is -1.33. The molecule has 1 atom stereocenters. The molecule has 0 saturated heterocycles. The predicted molar refractivity (Wildman–Crippen MR) is 86.8 cm³/mol. The summed E-state index contributed by atoms with van der Waals surface area (Å²) in [6, 6.07) is 6.60. The topological polar surface area (TPSA) is 46.0 Å². The smallest absolute Gasteiger partial charge is 0.177 e. The van der Waals surface area contributed by atoms with Crippen molar-refractivity contribution in [2.24, 2.45) is 10.1 Å². The maximum absolute atomic E-state index is 5.08. The summed E-state index contributed by atoms with van der Waals surface area (Å²) in [6.45, 7) is 6.90. The van der Waals surface area contributed by atoms with Crippen LogP contribution in [0.4, 0.5) is 0 Å². The summed E-state index contributed by atoms with van der Waals surface area (Å²) < 4.78 is 5.08. The highest BCUT2D eigenvalue weighted by molar-refractivity contribution is 8.14. The van der Waals surface area contributed by atoms with Crippen molar-refractivity contribution in [2.75, 3.05) is 19.5 Å². The second-order valence-electron chi connectivity index (χ2n) is 5.00. The van der Waals surface area contributed by atoms with E-state index in [9.17, 15) is 0 Å². The first-order valence-electron chi connectivity index (χ1n) is 6.70. The molecule has 20 heavy (non-hydrogen) atoms. The number of nitrogens with one attached hydrogen (secondary N) is 1. The summed E-state index contributed by atoms with van der Waals surface area (Å²) in [5, 5.41) is 5.30. The molecule has 1 N–H and O–H groups in total. The van der Waals surface area contributed by atoms with E-state index in [-0.39, 0.29) is 6.04 Å². The van der Waals surface area contributed by atoms with Gasteiger partial charge in [0.2, 0.25) is 0 Å². The summed E-state index contributed by atoms with van der Waals surface area (Å²) in [7, 11) is 1.69. The quantitative estimate of drug-likeness (QED) is 0.928. The second kappa shape index (κ2) is 6.90. The molecule has 4 nitrogen and oxygen atoms in total. The van der Waals surface area contributed by atoms with Gasteiger partial charge < -0.3 is 4.74 Å². The fourth-order valence-corrected chi connectivity index (χ4v) is 2.80. The van der Waals surface area contributed by atoms with Crippen molar-refractivity contribution in [1.29, 1.82) is 0 Å². The maximum Gasteiger partial charge on any atom is 0.177 e. The Morgan fingerprint density at radius 1 is 1.40 bits per heavy atom. The summed E-state index contributed by atoms with van der Waals surface area (Å²) in [5.74, 6) is 0.841. The zero-order valence-corrected chi connectivity index (χ0v) is 13.3. The molecular weight excluding hydrogens is 270 g/mol. The average molecular weight is 291 g/mol. The van der Waals surface area contributed by atoms with Gasteiger partial charge in [-0.2, -0.15) is 5.10 Å². The third kappa shape index (κ3) is 3.84. The molecule has 0 aromatic heterocycles. The number of aryl methyl sites for hydroxylation is 2. The van der Waals surface area contributed by atoms with Crippen molar-refractivity contribution in [3.8, 4) is 0 Å². The van der Waals surface area contributed by atoms with Gasteiger partial charge in [-0.25, -0.2) is 0 Å². The Bertz CT molecular complexity index is 540. The van der Waals surface area contributed by atoms with Crippen LogP contribution in [0.5, 0.6) is 0 Å². The lowest BCUT2D eigenvalue weighted by atomic mass is 10.0. The van der Waals surface area contributed by atoms with E-state index < -0.39 is 0 Å². The monoisotopic (exact) mass is 291 g/mol. The van der Waals surface area contributed by atoms with E-state index in [1.54, 1.807) is 18.9 Å². The van der Waals surface area contributed by atoms with Gasteiger partial charge in [-0.15, -0.1) is 0 Å². The minimum Gasteiger partial charge on any atom is -0.382 e. The number of rotatable bonds is 4. The molecule has 0 bridgehead atoms. The molecule has 0 unspecified atom stereocenters. The van der Waals surface area contributed by atoms with Gasteiger partial charge >= 0.3 is 0 Å². The molecule has 0 radical (unpaired) electrons. The van der Waals surface area contributed by atoms with Crippen LogP contribution in [0.1, 0.15) is 23.6 Å². The number of ether oxygens (including phenoxy) is 1. The molecule has 5 heteroatoms. The van der Waals surface area contributed by atoms with Gasteiger partial charge in [0.05, 0.1) is 18.4 Å². The Morgan fingerprint density at radius 2 is 2.20 bits per heavy atom. The molecule has 1 aromatic carbocycles. The highest BCUT2D eigenvalue weighted by Crippen LogP contribution is 2.17. The van der Waals surface area contributed by atoms with E-state index in [0.29, 0.717) is 6.61 Å². The van der Waals surface area contributed by atoms with Crippen molar-refractivity contribution in [1.82, 2.24) is 5.43 Å². The summed E-state index contributed by atoms with van der Waals surface area (Å²) in [4.78, 5) is 4.52. The molecule has 1 heterocycles. The van der Waals surface area contributed by atoms with Crippen molar-refractivity contribution >= 4 is 22.6 Å². The Morgan fingerprint density at radius 3 is 2.80 bits per heavy atom. The van der Waals surface area contributed by atoms with E-state index in [4.69, 9.17) is 4.74 Å². The minimum absolute atomic E-state index is 0.147. The molecule has 0 fully saturated rings. The SMILES string of the molecule is COC[C@@H](C)N=C1NN=C(c2ccc(C)c(C)c2)CS1. The van der Waals surface area contributed by atoms with Crippen LogP contribution in [0, 0.1) is 13.8 Å². The number of hydrazone groups is 1. The number of thioether (sulfide) groups is 1. The summed E-state index contributed by atoms with van der Waals surface area (Å²) in [6.07, 6.45) is 0. The molecule has 1 aromatic rings. The largest absolute Gasteiger partial charge is 0.382 e. The van der Waals surface area contributed by atoms with Crippen LogP contribution in [0.15, 0.2) is 28.3 Å². The predicted octanol–water partition coefficient (Wildman–Crippen LogP) is 2.73. The molecule has 0 saturated carbocycles. The first-order chi connectivity index (χ1) is 9.60. The normalized spacial score (nSPS) is 18.6. The molecule has 2 rings (SSSR count). The third-order valence-electron chi connectivity index (χ3n) is 3.22. The van der Waals surface area contributed by atoms with E-state index in [1.807, 2.05) is 6.92 Å². The maximum atomic E-state index is 5.08. The Balaban J connectivity index is 2.07. The van der Waals surface area contributed by atoms with Crippen LogP contribution >= 0.6 is 11.8 Å². The van der Waals surface area contributed by atoms with Gasteiger partial charge in [0.15, 0.2) is 5.17 Å². The Kier molecular flexibility index (Phi) is 5.20. The third-order valence-corrected chi connectivity index (χ3v) is 4.11. The zero-order valence-electron chi connectivity index (χ0n) is 12.4. The number of hydrogen-bond donors (Lipinski definition) is 1. The van der Waals surface area contributed by atoms with Crippen molar-refractivity contribution in [3.63, 3.8) is 0 Å². The number of methoxy groups -OCH3 is 1. The highest BCUT2D eigenvalue weighted by atomic mass is 32.2. The van der Waals surface area contributed by atoms with Crippen LogP contribution in [-0.2, 0) is 4.74 Å². The van der Waals surface area contributed by atoms with Gasteiger partial charge in [0, 0.05) is 12.9 Å². The van der Waals surface area contributed by atoms with Gasteiger partial charge in [-0.05, 0) is 43.5 Å². The molecule has 1 aliphatic heterocycles. The van der Waals surface area contributed by atoms with E-state index in [2.05, 4.69) is 47.6 Å². The van der Waals surface area contributed by atoms with E-state index >= 15 is 0 Å². The molecule has 0 amide bonds. The van der Waals surface area contributed by atoms with Gasteiger partial charge in [-0.1, -0.05) is 23.9 Å². The molecule has 0 spiro atoms. The fraction of sp³-hybridized carbons (Fsp3) is 0.467. The first-order valence-corrected chi connectivity index (χ1v) is 7.68.